The van der Waals surface area contributed by atoms with Gasteiger partial charge in [-0.05, 0) is 35.7 Å². The van der Waals surface area contributed by atoms with Crippen LogP contribution in [0.1, 0.15) is 11.1 Å². The number of pyridine rings is 1. The Balaban J connectivity index is 1.64. The van der Waals surface area contributed by atoms with E-state index in [1.54, 1.807) is 12.3 Å². The molecule has 1 saturated heterocycles. The van der Waals surface area contributed by atoms with Crippen LogP contribution in [-0.4, -0.2) is 29.1 Å². The number of hydrogen-bond acceptors (Lipinski definition) is 3. The molecule has 0 aliphatic carbocycles. The molecule has 0 amide bonds. The van der Waals surface area contributed by atoms with Gasteiger partial charge in [0.1, 0.15) is 11.6 Å². The maximum atomic E-state index is 13.1. The summed E-state index contributed by atoms with van der Waals surface area (Å²) in [6.45, 7) is 1.01. The van der Waals surface area contributed by atoms with Crippen molar-refractivity contribution in [3.63, 3.8) is 0 Å². The second-order valence-electron chi connectivity index (χ2n) is 5.27. The van der Waals surface area contributed by atoms with Crippen LogP contribution in [0.15, 0.2) is 42.6 Å². The summed E-state index contributed by atoms with van der Waals surface area (Å²) >= 11 is 0. The molecule has 1 aliphatic heterocycles. The molecular formula is C16H15FN2O2. The Hall–Kier alpha value is -2.43. The molecule has 0 unspecified atom stereocenters. The molecule has 4 nitrogen and oxygen atoms in total. The Morgan fingerprint density at radius 3 is 2.71 bits per heavy atom. The number of aliphatic carboxylic acids is 1. The van der Waals surface area contributed by atoms with Crippen LogP contribution in [0.25, 0.3) is 0 Å². The summed E-state index contributed by atoms with van der Waals surface area (Å²) in [7, 11) is 0. The highest BCUT2D eigenvalue weighted by atomic mass is 19.1. The van der Waals surface area contributed by atoms with E-state index in [4.69, 9.17) is 5.11 Å². The van der Waals surface area contributed by atoms with Gasteiger partial charge in [0.05, 0.1) is 5.92 Å². The van der Waals surface area contributed by atoms with Crippen LogP contribution in [0.3, 0.4) is 0 Å². The molecule has 108 valence electrons. The topological polar surface area (TPSA) is 53.4 Å². The minimum absolute atomic E-state index is 0.239. The normalized spacial score (nSPS) is 14.8. The molecule has 0 bridgehead atoms. The van der Waals surface area contributed by atoms with Gasteiger partial charge in [-0.1, -0.05) is 18.2 Å². The summed E-state index contributed by atoms with van der Waals surface area (Å²) in [5.41, 5.74) is 1.90. The van der Waals surface area contributed by atoms with E-state index >= 15 is 0 Å². The van der Waals surface area contributed by atoms with Gasteiger partial charge in [0, 0.05) is 19.3 Å². The van der Waals surface area contributed by atoms with Crippen LogP contribution in [0.5, 0.6) is 0 Å². The first-order valence-corrected chi connectivity index (χ1v) is 6.79. The fourth-order valence-electron chi connectivity index (χ4n) is 2.41. The van der Waals surface area contributed by atoms with Gasteiger partial charge in [-0.25, -0.2) is 9.37 Å². The zero-order valence-electron chi connectivity index (χ0n) is 11.4. The van der Waals surface area contributed by atoms with E-state index in [2.05, 4.69) is 4.98 Å². The fourth-order valence-corrected chi connectivity index (χ4v) is 2.41. The first-order valence-electron chi connectivity index (χ1n) is 6.79. The van der Waals surface area contributed by atoms with Gasteiger partial charge in [-0.3, -0.25) is 4.79 Å². The Labute approximate surface area is 121 Å². The summed E-state index contributed by atoms with van der Waals surface area (Å²) in [5, 5.41) is 8.85. The Morgan fingerprint density at radius 1 is 1.29 bits per heavy atom. The number of aromatic nitrogens is 1. The third kappa shape index (κ3) is 3.02. The average molecular weight is 286 g/mol. The molecular weight excluding hydrogens is 271 g/mol. The van der Waals surface area contributed by atoms with Crippen molar-refractivity contribution >= 4 is 11.8 Å². The third-order valence-electron chi connectivity index (χ3n) is 3.66. The van der Waals surface area contributed by atoms with E-state index < -0.39 is 5.97 Å². The van der Waals surface area contributed by atoms with Gasteiger partial charge in [0.2, 0.25) is 0 Å². The molecule has 1 N–H and O–H groups in total. The molecule has 1 aromatic carbocycles. The van der Waals surface area contributed by atoms with Gasteiger partial charge < -0.3 is 10.0 Å². The molecule has 2 heterocycles. The van der Waals surface area contributed by atoms with Crippen molar-refractivity contribution in [3.05, 3.63) is 59.5 Å². The third-order valence-corrected chi connectivity index (χ3v) is 3.66. The van der Waals surface area contributed by atoms with E-state index in [9.17, 15) is 9.18 Å². The minimum Gasteiger partial charge on any atom is -0.481 e. The number of anilines is 1. The Morgan fingerprint density at radius 2 is 2.10 bits per heavy atom. The number of halogens is 1. The van der Waals surface area contributed by atoms with E-state index in [0.29, 0.717) is 19.5 Å². The molecule has 2 aromatic rings. The Kier molecular flexibility index (Phi) is 3.56. The fraction of sp³-hybridized carbons (Fsp3) is 0.250. The largest absolute Gasteiger partial charge is 0.481 e. The van der Waals surface area contributed by atoms with E-state index in [1.165, 1.54) is 12.1 Å². The van der Waals surface area contributed by atoms with Crippen molar-refractivity contribution in [1.29, 1.82) is 0 Å². The minimum atomic E-state index is -0.756. The number of carboxylic acid groups (broad SMARTS) is 1. The van der Waals surface area contributed by atoms with E-state index in [-0.39, 0.29) is 11.7 Å². The lowest BCUT2D eigenvalue weighted by Gasteiger charge is -2.37. The monoisotopic (exact) mass is 286 g/mol. The molecule has 1 aromatic heterocycles. The van der Waals surface area contributed by atoms with Gasteiger partial charge >= 0.3 is 5.97 Å². The van der Waals surface area contributed by atoms with Crippen molar-refractivity contribution in [3.8, 4) is 0 Å². The quantitative estimate of drug-likeness (QED) is 0.937. The summed E-state index contributed by atoms with van der Waals surface area (Å²) in [4.78, 5) is 17.1. The zero-order chi connectivity index (χ0) is 14.8. The number of carboxylic acids is 1. The highest BCUT2D eigenvalue weighted by Gasteiger charge is 2.33. The molecule has 21 heavy (non-hydrogen) atoms. The predicted molar refractivity (Wildman–Crippen MR) is 76.8 cm³/mol. The lowest BCUT2D eigenvalue weighted by molar-refractivity contribution is -0.142. The summed E-state index contributed by atoms with van der Waals surface area (Å²) < 4.78 is 13.1. The zero-order valence-corrected chi connectivity index (χ0v) is 11.4. The molecule has 5 heteroatoms. The van der Waals surface area contributed by atoms with Crippen LogP contribution in [0.2, 0.25) is 0 Å². The molecule has 3 rings (SSSR count). The van der Waals surface area contributed by atoms with Crippen molar-refractivity contribution in [2.75, 3.05) is 18.0 Å². The first-order chi connectivity index (χ1) is 10.1. The average Bonchev–Trinajstić information content (AvgIpc) is 2.38. The van der Waals surface area contributed by atoms with Crippen molar-refractivity contribution in [1.82, 2.24) is 4.98 Å². The predicted octanol–water partition coefficient (Wildman–Crippen LogP) is 2.33. The van der Waals surface area contributed by atoms with Crippen molar-refractivity contribution in [2.24, 2.45) is 5.92 Å². The molecule has 0 radical (unpaired) electrons. The number of carbonyl (C=O) groups is 1. The molecule has 0 spiro atoms. The van der Waals surface area contributed by atoms with Crippen LogP contribution < -0.4 is 4.90 Å². The molecule has 1 fully saturated rings. The van der Waals surface area contributed by atoms with Crippen LogP contribution in [0.4, 0.5) is 10.2 Å². The number of benzene rings is 1. The number of rotatable bonds is 4. The first kappa shape index (κ1) is 13.5. The van der Waals surface area contributed by atoms with E-state index in [0.717, 1.165) is 16.9 Å². The lowest BCUT2D eigenvalue weighted by Crippen LogP contribution is -2.50. The number of nitrogens with zero attached hydrogens (tertiary/aromatic N) is 2. The second-order valence-corrected chi connectivity index (χ2v) is 5.27. The molecule has 1 aliphatic rings. The maximum Gasteiger partial charge on any atom is 0.310 e. The van der Waals surface area contributed by atoms with E-state index in [1.807, 2.05) is 23.1 Å². The molecule has 0 saturated carbocycles. The summed E-state index contributed by atoms with van der Waals surface area (Å²) in [6, 6.07) is 10.3. The van der Waals surface area contributed by atoms with Crippen LogP contribution in [-0.2, 0) is 11.2 Å². The Bertz CT molecular complexity index is 652. The highest BCUT2D eigenvalue weighted by molar-refractivity contribution is 5.74. The maximum absolute atomic E-state index is 13.1. The van der Waals surface area contributed by atoms with Gasteiger partial charge in [-0.2, -0.15) is 0 Å². The van der Waals surface area contributed by atoms with Crippen LogP contribution >= 0.6 is 0 Å². The van der Waals surface area contributed by atoms with Gasteiger partial charge in [-0.15, -0.1) is 0 Å². The smallest absolute Gasteiger partial charge is 0.310 e. The van der Waals surface area contributed by atoms with Crippen molar-refractivity contribution in [2.45, 2.75) is 6.42 Å². The standard InChI is InChI=1S/C16H15FN2O2/c17-14-3-1-2-11(7-14)6-12-4-5-15(18-8-12)19-9-13(10-19)16(20)21/h1-5,7-8,13H,6,9-10H2,(H,20,21). The molecule has 0 atom stereocenters. The summed E-state index contributed by atoms with van der Waals surface area (Å²) in [6.07, 6.45) is 2.39. The second kappa shape index (κ2) is 5.52. The number of hydrogen-bond donors (Lipinski definition) is 1. The SMILES string of the molecule is O=C(O)C1CN(c2ccc(Cc3cccc(F)c3)cn2)C1. The van der Waals surface area contributed by atoms with Crippen LogP contribution in [0, 0.1) is 11.7 Å². The highest BCUT2D eigenvalue weighted by Crippen LogP contribution is 2.23. The van der Waals surface area contributed by atoms with Crippen molar-refractivity contribution < 1.29 is 14.3 Å². The summed E-state index contributed by atoms with van der Waals surface area (Å²) in [5.74, 6) is -0.499. The van der Waals surface area contributed by atoms with Gasteiger partial charge in [0.15, 0.2) is 0 Å². The van der Waals surface area contributed by atoms with Gasteiger partial charge in [0.25, 0.3) is 0 Å². The lowest BCUT2D eigenvalue weighted by atomic mass is 10.0.